The molecule has 2 aliphatic heterocycles. The van der Waals surface area contributed by atoms with Gasteiger partial charge in [-0.1, -0.05) is 264 Å². The summed E-state index contributed by atoms with van der Waals surface area (Å²) in [5.74, 6) is 3.68. The van der Waals surface area contributed by atoms with Crippen LogP contribution >= 0.6 is 11.3 Å². The van der Waals surface area contributed by atoms with E-state index in [1.54, 1.807) is 0 Å². The summed E-state index contributed by atoms with van der Waals surface area (Å²) in [4.78, 5) is 13.2. The molecule has 7 aromatic heterocycles. The van der Waals surface area contributed by atoms with Gasteiger partial charge < -0.3 is 14.1 Å². The van der Waals surface area contributed by atoms with E-state index in [1.807, 2.05) is 11.3 Å². The van der Waals surface area contributed by atoms with E-state index < -0.39 is 0 Å². The lowest BCUT2D eigenvalue weighted by atomic mass is 9.78. The fraction of sp³-hybridized carbons (Fsp3) is 0.0973. The molecule has 9 heteroatoms. The Morgan fingerprint density at radius 1 is 0.410 bits per heavy atom. The van der Waals surface area contributed by atoms with Crippen molar-refractivity contribution in [2.75, 3.05) is 5.32 Å². The van der Waals surface area contributed by atoms with Crippen molar-refractivity contribution in [2.24, 2.45) is 9.98 Å². The molecule has 578 valence electrons. The summed E-state index contributed by atoms with van der Waals surface area (Å²) in [7, 11) is 0. The Morgan fingerprint density at radius 3 is 1.70 bits per heavy atom. The van der Waals surface area contributed by atoms with E-state index >= 15 is 0 Å². The molecule has 0 saturated carbocycles. The second-order valence-corrected chi connectivity index (χ2v) is 35.5. The molecule has 23 aromatic rings. The Morgan fingerprint density at radius 2 is 0.984 bits per heavy atom. The number of thiophene rings is 1. The second-order valence-electron chi connectivity index (χ2n) is 34.4. The highest BCUT2D eigenvalue weighted by Gasteiger charge is 2.36. The van der Waals surface area contributed by atoms with Crippen molar-refractivity contribution >= 4 is 186 Å². The number of benzene rings is 16. The van der Waals surface area contributed by atoms with Gasteiger partial charge >= 0.3 is 0 Å². The largest absolute Gasteiger partial charge is 0.452 e. The molecule has 122 heavy (non-hydrogen) atoms. The van der Waals surface area contributed by atoms with Gasteiger partial charge in [0.2, 0.25) is 0 Å². The van der Waals surface area contributed by atoms with E-state index in [-0.39, 0.29) is 23.7 Å². The van der Waals surface area contributed by atoms with Crippen LogP contribution in [0.3, 0.4) is 0 Å². The highest BCUT2D eigenvalue weighted by atomic mass is 32.1. The number of aromatic nitrogens is 4. The highest BCUT2D eigenvalue weighted by Crippen LogP contribution is 2.55. The molecule has 26 rings (SSSR count). The average molecular weight is 1580 g/mol. The third-order valence-electron chi connectivity index (χ3n) is 28.0. The summed E-state index contributed by atoms with van der Waals surface area (Å²) >= 11 is 1.84. The van der Waals surface area contributed by atoms with Gasteiger partial charge in [0.25, 0.3) is 0 Å². The summed E-state index contributed by atoms with van der Waals surface area (Å²) in [6, 6.07) is 118. The zero-order chi connectivity index (χ0) is 80.8. The number of nitrogens with one attached hydrogen (secondary N) is 1. The van der Waals surface area contributed by atoms with Gasteiger partial charge in [-0.15, -0.1) is 11.3 Å². The van der Waals surface area contributed by atoms with Crippen LogP contribution in [0.15, 0.2) is 342 Å². The zero-order valence-corrected chi connectivity index (χ0v) is 69.0. The number of hydrogen-bond acceptors (Lipinski definition) is 5. The minimum Gasteiger partial charge on any atom is -0.452 e. The summed E-state index contributed by atoms with van der Waals surface area (Å²) in [5.41, 5.74) is 30.9. The van der Waals surface area contributed by atoms with Gasteiger partial charge in [-0.05, 0) is 217 Å². The first-order valence-corrected chi connectivity index (χ1v) is 43.7. The minimum absolute atomic E-state index is 0.106. The normalized spacial score (nSPS) is 16.8. The maximum atomic E-state index is 7.30. The molecule has 0 amide bonds. The fourth-order valence-electron chi connectivity index (χ4n) is 22.1. The molecule has 0 spiro atoms. The molecular weight excluding hydrogens is 1500 g/mol. The molecule has 0 fully saturated rings. The van der Waals surface area contributed by atoms with Gasteiger partial charge in [0.15, 0.2) is 17.4 Å². The van der Waals surface area contributed by atoms with Crippen molar-refractivity contribution in [1.29, 1.82) is 0 Å². The molecule has 4 atom stereocenters. The van der Waals surface area contributed by atoms with Gasteiger partial charge in [0.05, 0.1) is 65.9 Å². The van der Waals surface area contributed by atoms with Crippen molar-refractivity contribution in [3.8, 4) is 44.5 Å². The summed E-state index contributed by atoms with van der Waals surface area (Å²) < 4.78 is 18.2. The standard InChI is InChI=1S/C113H79N7OS/c1-62-47-52-101(117-91-40-20-13-31-76(91)77-32-14-21-41-92(77)117)116-113(111-104(62)84-39-19-26-46-99(84)121-111)120-96-45-25-17-37-82(96)106-98(120)60-90-89-57-71-49-48-70(54-73(71)58-97(89)119-95-44-24-18-38-83(95)107(106)110(90)119)72-50-51-85-100(59-72)122-112-108(115-102(61-114-109(85)112)118-93-42-22-15-33-78(93)79-34-16-23-43-94(79)118)67(6)75-30-10-11-35-80(75)103-63(2)53-86-66(5)105(103)81-36-12-9-29-74(81)64(3)65(4)87-55-68-27-7-8-28-69(68)56-88(86)87/h7-46,48-62,64-65,67,114H,47H2,1-6H3/b101-52-,116-113+/t62-,64?,65+,67+/m0/s1. The number of aryl methyl sites for hydroxylation is 1. The Balaban J connectivity index is 0.639. The van der Waals surface area contributed by atoms with Crippen molar-refractivity contribution in [1.82, 2.24) is 18.1 Å². The molecule has 1 N–H and O–H groups in total. The lowest BCUT2D eigenvalue weighted by Gasteiger charge is -2.26. The molecule has 8 nitrogen and oxygen atoms in total. The molecule has 1 aliphatic carbocycles. The van der Waals surface area contributed by atoms with E-state index in [0.29, 0.717) is 0 Å². The number of fused-ring (bicyclic) bond motifs is 30. The summed E-state index contributed by atoms with van der Waals surface area (Å²) in [5, 5.41) is 23.2. The van der Waals surface area contributed by atoms with Crippen LogP contribution in [0.2, 0.25) is 0 Å². The number of anilines is 1. The SMILES string of the molecule is Cc1cc2c(C)c(c1-c1ccccc1[C@@H](C)C1=NC(n3c4ccccc4c4ccccc43)=CNc3c1sc1cc(-c4ccc5cc6c7cc8c(c9ccccc9n8/C8=N/C(n9c%10ccccc%10c%10ccccc%109)=C/C[C@H](C)c9c8oc8ccccc98)c8c9ccccc9n(c6cc5c4)c78)ccc31)-c1ccccc1C(C)[C@@H](C)c1cc3ccccc3cc1-2. The van der Waals surface area contributed by atoms with E-state index in [2.05, 4.69) is 393 Å². The maximum absolute atomic E-state index is 7.30. The average Bonchev–Trinajstić information content (AvgIpc) is 1.51. The zero-order valence-electron chi connectivity index (χ0n) is 68.2. The first-order chi connectivity index (χ1) is 60.0. The number of nitrogens with zero attached hydrogens (tertiary/aromatic N) is 6. The van der Waals surface area contributed by atoms with E-state index in [0.717, 1.165) is 112 Å². The number of para-hydroxylation sites is 7. The van der Waals surface area contributed by atoms with Crippen LogP contribution in [0.4, 0.5) is 5.69 Å². The van der Waals surface area contributed by atoms with Crippen LogP contribution in [0, 0.1) is 13.8 Å². The van der Waals surface area contributed by atoms with Crippen molar-refractivity contribution in [2.45, 2.75) is 71.6 Å². The number of furan rings is 1. The maximum Gasteiger partial charge on any atom is 0.183 e. The Bertz CT molecular complexity index is 8610. The topological polar surface area (TPSA) is 69.1 Å². The Kier molecular flexibility index (Phi) is 14.7. The van der Waals surface area contributed by atoms with Gasteiger partial charge in [-0.3, -0.25) is 13.7 Å². The summed E-state index contributed by atoms with van der Waals surface area (Å²) in [6.45, 7) is 14.4. The third kappa shape index (κ3) is 9.73. The van der Waals surface area contributed by atoms with Crippen LogP contribution < -0.4 is 5.32 Å². The molecule has 0 radical (unpaired) electrons. The number of allylic oxidation sites excluding steroid dienone is 1. The van der Waals surface area contributed by atoms with E-state index in [4.69, 9.17) is 14.4 Å². The summed E-state index contributed by atoms with van der Waals surface area (Å²) in [6.07, 6.45) is 5.29. The number of hydrogen-bond donors (Lipinski definition) is 1. The third-order valence-corrected chi connectivity index (χ3v) is 29.2. The first kappa shape index (κ1) is 69.3. The van der Waals surface area contributed by atoms with Gasteiger partial charge in [-0.2, -0.15) is 0 Å². The van der Waals surface area contributed by atoms with Crippen LogP contribution in [0.25, 0.3) is 202 Å². The Hall–Kier alpha value is -14.6. The first-order valence-electron chi connectivity index (χ1n) is 42.9. The van der Waals surface area contributed by atoms with Crippen LogP contribution in [-0.4, -0.2) is 29.6 Å². The van der Waals surface area contributed by atoms with Crippen LogP contribution in [0.5, 0.6) is 0 Å². The molecule has 0 saturated heterocycles. The second kappa shape index (κ2) is 25.9. The smallest absolute Gasteiger partial charge is 0.183 e. The molecule has 16 aromatic carbocycles. The Labute approximate surface area is 707 Å². The lowest BCUT2D eigenvalue weighted by molar-refractivity contribution is 0.588. The van der Waals surface area contributed by atoms with Gasteiger partial charge in [-0.25, -0.2) is 9.98 Å². The van der Waals surface area contributed by atoms with Gasteiger partial charge in [0, 0.05) is 87.0 Å². The number of aliphatic imine (C=N–C) groups is 2. The molecular formula is C113H79N7OS. The van der Waals surface area contributed by atoms with Crippen LogP contribution in [-0.2, 0) is 0 Å². The quantitative estimate of drug-likeness (QED) is 0.180. The minimum atomic E-state index is -0.181. The molecule has 2 bridgehead atoms. The van der Waals surface area contributed by atoms with Crippen molar-refractivity contribution in [3.05, 3.63) is 372 Å². The van der Waals surface area contributed by atoms with Crippen molar-refractivity contribution < 1.29 is 4.42 Å². The molecule has 9 heterocycles. The van der Waals surface area contributed by atoms with E-state index in [9.17, 15) is 0 Å². The van der Waals surface area contributed by atoms with Crippen molar-refractivity contribution in [3.63, 3.8) is 0 Å². The molecule has 1 unspecified atom stereocenters. The predicted octanol–water partition coefficient (Wildman–Crippen LogP) is 30.7. The fourth-order valence-corrected chi connectivity index (χ4v) is 23.4. The van der Waals surface area contributed by atoms with Gasteiger partial charge in [0.1, 0.15) is 11.4 Å². The predicted molar refractivity (Wildman–Crippen MR) is 516 cm³/mol. The lowest BCUT2D eigenvalue weighted by Crippen LogP contribution is -2.18. The van der Waals surface area contributed by atoms with Crippen LogP contribution in [0.1, 0.15) is 102 Å². The number of rotatable bonds is 6. The highest BCUT2D eigenvalue weighted by molar-refractivity contribution is 7.21. The molecule has 3 aliphatic rings. The monoisotopic (exact) mass is 1580 g/mol. The van der Waals surface area contributed by atoms with E-state index in [1.165, 1.54) is 158 Å².